The number of halogens is 1. The Kier molecular flexibility index (Phi) is 6.71. The zero-order chi connectivity index (χ0) is 22.5. The Hall–Kier alpha value is -3.38. The van der Waals surface area contributed by atoms with Gasteiger partial charge in [0.05, 0.1) is 11.4 Å². The fourth-order valence-corrected chi connectivity index (χ4v) is 4.51. The van der Waals surface area contributed by atoms with Gasteiger partial charge >= 0.3 is 8.03 Å². The van der Waals surface area contributed by atoms with Crippen LogP contribution >= 0.6 is 19.4 Å². The molecule has 32 heavy (non-hydrogen) atoms. The molecule has 0 saturated heterocycles. The molecule has 4 rings (SSSR count). The lowest BCUT2D eigenvalue weighted by Gasteiger charge is -2.10. The van der Waals surface area contributed by atoms with Crippen LogP contribution < -0.4 is 16.4 Å². The molecular weight excluding hydrogens is 446 g/mol. The predicted octanol–water partition coefficient (Wildman–Crippen LogP) is 5.97. The van der Waals surface area contributed by atoms with Crippen LogP contribution in [-0.2, 0) is 15.7 Å². The molecule has 1 aromatic heterocycles. The minimum atomic E-state index is -2.10. The molecule has 0 radical (unpaired) electrons. The average Bonchev–Trinajstić information content (AvgIpc) is 3.35. The van der Waals surface area contributed by atoms with Gasteiger partial charge in [0.2, 0.25) is 5.30 Å². The number of carbonyl (C=O) groups is 1. The van der Waals surface area contributed by atoms with Crippen LogP contribution in [0.25, 0.3) is 10.4 Å². The third-order valence-corrected chi connectivity index (χ3v) is 6.71. The highest BCUT2D eigenvalue weighted by atomic mass is 32.1. The van der Waals surface area contributed by atoms with E-state index in [9.17, 15) is 13.8 Å². The molecule has 1 heterocycles. The molecule has 0 fully saturated rings. The number of amides is 1. The molecule has 0 bridgehead atoms. The Morgan fingerprint density at radius 1 is 1.03 bits per heavy atom. The quantitative estimate of drug-likeness (QED) is 0.260. The first-order valence-corrected chi connectivity index (χ1v) is 11.7. The van der Waals surface area contributed by atoms with E-state index in [0.29, 0.717) is 22.2 Å². The van der Waals surface area contributed by atoms with Crippen molar-refractivity contribution in [1.82, 2.24) is 0 Å². The number of nitrogens with one attached hydrogen (secondary N) is 1. The largest absolute Gasteiger partial charge is 0.549 e. The lowest BCUT2D eigenvalue weighted by Crippen LogP contribution is -2.13. The van der Waals surface area contributed by atoms with Crippen LogP contribution in [0.4, 0.5) is 15.8 Å². The lowest BCUT2D eigenvalue weighted by atomic mass is 10.1. The number of rotatable bonds is 7. The van der Waals surface area contributed by atoms with Gasteiger partial charge in [-0.15, -0.1) is 15.9 Å². The van der Waals surface area contributed by atoms with Gasteiger partial charge in [-0.05, 0) is 75.7 Å². The molecule has 0 aliphatic heterocycles. The van der Waals surface area contributed by atoms with Crippen molar-refractivity contribution in [2.75, 3.05) is 11.1 Å². The van der Waals surface area contributed by atoms with Crippen LogP contribution in [0.2, 0.25) is 0 Å². The smallest absolute Gasteiger partial charge is 0.397 e. The molecule has 1 atom stereocenters. The summed E-state index contributed by atoms with van der Waals surface area (Å²) in [5.74, 6) is -0.684. The molecule has 8 heteroatoms. The first-order valence-electron chi connectivity index (χ1n) is 9.69. The molecule has 3 aromatic carbocycles. The van der Waals surface area contributed by atoms with Gasteiger partial charge in [-0.2, -0.15) is 0 Å². The van der Waals surface area contributed by atoms with Crippen LogP contribution in [0, 0.1) is 5.82 Å². The number of nitrogens with two attached hydrogens (primary N) is 1. The molecule has 3 N–H and O–H groups in total. The second-order valence-corrected chi connectivity index (χ2v) is 9.17. The van der Waals surface area contributed by atoms with Crippen molar-refractivity contribution in [3.63, 3.8) is 0 Å². The molecule has 0 aliphatic carbocycles. The van der Waals surface area contributed by atoms with Crippen LogP contribution in [0.1, 0.15) is 15.9 Å². The normalized spacial score (nSPS) is 11.2. The van der Waals surface area contributed by atoms with E-state index in [4.69, 9.17) is 10.3 Å². The standard InChI is InChI=1S/C24H18FN2O3PS/c25-19-8-10-20(11-9-19)31(29)30-15-16-3-5-17(6-4-16)24(28)27-22-14-18(7-12-21(22)26)23-2-1-13-32-23/h1-14H,15,26H2/p+1. The zero-order valence-electron chi connectivity index (χ0n) is 16.8. The van der Waals surface area contributed by atoms with Crippen molar-refractivity contribution < 1.29 is 18.3 Å². The number of benzene rings is 3. The molecule has 0 saturated carbocycles. The maximum Gasteiger partial charge on any atom is 0.549 e. The Morgan fingerprint density at radius 2 is 1.78 bits per heavy atom. The molecule has 0 spiro atoms. The van der Waals surface area contributed by atoms with Crippen LogP contribution in [0.3, 0.4) is 0 Å². The summed E-state index contributed by atoms with van der Waals surface area (Å²) in [6.07, 6.45) is 0. The van der Waals surface area contributed by atoms with Crippen LogP contribution in [0.5, 0.6) is 0 Å². The molecular formula is C24H19FN2O3PS+. The molecule has 160 valence electrons. The summed E-state index contributed by atoms with van der Waals surface area (Å²) < 4.78 is 30.5. The van der Waals surface area contributed by atoms with Crippen molar-refractivity contribution in [3.05, 3.63) is 101 Å². The fourth-order valence-electron chi connectivity index (χ4n) is 2.98. The number of nitrogen functional groups attached to an aromatic ring is 1. The summed E-state index contributed by atoms with van der Waals surface area (Å²) in [5.41, 5.74) is 9.26. The number of anilines is 2. The van der Waals surface area contributed by atoms with E-state index in [1.165, 1.54) is 24.3 Å². The average molecular weight is 465 g/mol. The zero-order valence-corrected chi connectivity index (χ0v) is 18.5. The monoisotopic (exact) mass is 465 g/mol. The van der Waals surface area contributed by atoms with Crippen LogP contribution in [0.15, 0.2) is 84.2 Å². The maximum absolute atomic E-state index is 13.0. The van der Waals surface area contributed by atoms with Gasteiger partial charge in [-0.3, -0.25) is 4.79 Å². The number of hydrogen-bond donors (Lipinski definition) is 2. The highest BCUT2D eigenvalue weighted by Crippen LogP contribution is 2.30. The Bertz CT molecular complexity index is 1240. The molecule has 0 aliphatic rings. The van der Waals surface area contributed by atoms with Crippen molar-refractivity contribution in [2.24, 2.45) is 0 Å². The van der Waals surface area contributed by atoms with Crippen LogP contribution in [-0.4, -0.2) is 5.91 Å². The molecule has 1 amide bonds. The second kappa shape index (κ2) is 9.83. The first-order chi connectivity index (χ1) is 15.5. The SMILES string of the molecule is Nc1ccc(-c2cccs2)cc1NC(=O)c1ccc(CO[P+](=O)c2ccc(F)cc2)cc1. The predicted molar refractivity (Wildman–Crippen MR) is 127 cm³/mol. The number of hydrogen-bond acceptors (Lipinski definition) is 5. The Morgan fingerprint density at radius 3 is 2.47 bits per heavy atom. The second-order valence-electron chi connectivity index (χ2n) is 6.94. The van der Waals surface area contributed by atoms with Gasteiger partial charge in [-0.25, -0.2) is 4.39 Å². The summed E-state index contributed by atoms with van der Waals surface area (Å²) in [5, 5.41) is 5.26. The molecule has 1 unspecified atom stereocenters. The maximum atomic E-state index is 13.0. The van der Waals surface area contributed by atoms with E-state index in [1.54, 1.807) is 41.7 Å². The van der Waals surface area contributed by atoms with Gasteiger partial charge in [0, 0.05) is 10.4 Å². The van der Waals surface area contributed by atoms with Crippen molar-refractivity contribution >= 4 is 42.0 Å². The minimum absolute atomic E-state index is 0.101. The van der Waals surface area contributed by atoms with Crippen molar-refractivity contribution in [1.29, 1.82) is 0 Å². The van der Waals surface area contributed by atoms with E-state index in [2.05, 4.69) is 5.32 Å². The third-order valence-electron chi connectivity index (χ3n) is 4.71. The summed E-state index contributed by atoms with van der Waals surface area (Å²) in [6, 6.07) is 21.6. The van der Waals surface area contributed by atoms with E-state index in [-0.39, 0.29) is 12.5 Å². The van der Waals surface area contributed by atoms with Gasteiger partial charge in [0.1, 0.15) is 12.4 Å². The van der Waals surface area contributed by atoms with Gasteiger partial charge in [-0.1, -0.05) is 24.3 Å². The van der Waals surface area contributed by atoms with Gasteiger partial charge in [0.15, 0.2) is 0 Å². The van der Waals surface area contributed by atoms with Crippen molar-refractivity contribution in [3.8, 4) is 10.4 Å². The summed E-state index contributed by atoms with van der Waals surface area (Å²) in [4.78, 5) is 13.8. The van der Waals surface area contributed by atoms with E-state index in [1.807, 2.05) is 29.6 Å². The Labute approximate surface area is 189 Å². The van der Waals surface area contributed by atoms with E-state index >= 15 is 0 Å². The summed E-state index contributed by atoms with van der Waals surface area (Å²) in [6.45, 7) is 0.101. The lowest BCUT2D eigenvalue weighted by molar-refractivity contribution is 0.102. The topological polar surface area (TPSA) is 81.4 Å². The number of thiophene rings is 1. The summed E-state index contributed by atoms with van der Waals surface area (Å²) in [7, 11) is -2.10. The van der Waals surface area contributed by atoms with E-state index in [0.717, 1.165) is 16.0 Å². The first kappa shape index (κ1) is 21.8. The van der Waals surface area contributed by atoms with Crippen molar-refractivity contribution in [2.45, 2.75) is 6.61 Å². The fraction of sp³-hybridized carbons (Fsp3) is 0.0417. The number of carbonyl (C=O) groups excluding carboxylic acids is 1. The molecule has 4 aromatic rings. The van der Waals surface area contributed by atoms with E-state index < -0.39 is 13.8 Å². The third kappa shape index (κ3) is 5.26. The van der Waals surface area contributed by atoms with Gasteiger partial charge < -0.3 is 11.1 Å². The highest BCUT2D eigenvalue weighted by Gasteiger charge is 2.22. The van der Waals surface area contributed by atoms with Gasteiger partial charge in [0.25, 0.3) is 5.91 Å². The highest BCUT2D eigenvalue weighted by molar-refractivity contribution is 7.48. The molecule has 5 nitrogen and oxygen atoms in total. The minimum Gasteiger partial charge on any atom is -0.397 e. The summed E-state index contributed by atoms with van der Waals surface area (Å²) >= 11 is 1.61. The Balaban J connectivity index is 1.39.